The van der Waals surface area contributed by atoms with Crippen molar-refractivity contribution in [2.24, 2.45) is 5.92 Å². The molecule has 4 saturated heterocycles. The minimum atomic E-state index is -0.472. The van der Waals surface area contributed by atoms with Crippen molar-refractivity contribution in [3.8, 4) is 0 Å². The predicted octanol–water partition coefficient (Wildman–Crippen LogP) is 1.56. The molecular formula is C16H27NO3. The molecule has 4 heterocycles. The molecule has 4 rings (SSSR count). The molecule has 0 amide bonds. The molecule has 1 N–H and O–H groups in total. The van der Waals surface area contributed by atoms with E-state index in [1.165, 1.54) is 25.8 Å². The van der Waals surface area contributed by atoms with Crippen molar-refractivity contribution in [3.05, 3.63) is 0 Å². The third-order valence-electron chi connectivity index (χ3n) is 6.26. The molecular weight excluding hydrogens is 254 g/mol. The Balaban J connectivity index is 1.53. The summed E-state index contributed by atoms with van der Waals surface area (Å²) in [6, 6.07) is 0.402. The summed E-state index contributed by atoms with van der Waals surface area (Å²) in [5.74, 6) is 0.394. The lowest BCUT2D eigenvalue weighted by Crippen LogP contribution is -2.55. The molecule has 0 saturated carbocycles. The molecule has 4 aliphatic heterocycles. The lowest BCUT2D eigenvalue weighted by molar-refractivity contribution is -0.151. The summed E-state index contributed by atoms with van der Waals surface area (Å²) in [7, 11) is 0. The van der Waals surface area contributed by atoms with Crippen molar-refractivity contribution in [2.45, 2.75) is 62.2 Å². The Hall–Kier alpha value is -0.160. The SMILES string of the molecule is OC1(C2CCOC3(CCOC3)C2)CCN2CCCCC21. The molecule has 4 nitrogen and oxygen atoms in total. The largest absolute Gasteiger partial charge is 0.388 e. The standard InChI is InChI=1S/C16H27NO3/c18-16(5-8-17-7-2-1-3-14(16)17)13-4-9-20-15(11-13)6-10-19-12-15/h13-14,18H,1-12H2. The van der Waals surface area contributed by atoms with E-state index < -0.39 is 5.60 Å². The van der Waals surface area contributed by atoms with Gasteiger partial charge in [-0.2, -0.15) is 0 Å². The number of hydrogen-bond acceptors (Lipinski definition) is 4. The second kappa shape index (κ2) is 4.94. The normalized spacial score (nSPS) is 49.6. The Kier molecular flexibility index (Phi) is 3.33. The van der Waals surface area contributed by atoms with E-state index in [9.17, 15) is 5.11 Å². The van der Waals surface area contributed by atoms with E-state index in [0.717, 1.165) is 52.0 Å². The highest BCUT2D eigenvalue weighted by Gasteiger charge is 2.54. The monoisotopic (exact) mass is 281 g/mol. The van der Waals surface area contributed by atoms with Crippen LogP contribution in [0, 0.1) is 5.92 Å². The molecule has 20 heavy (non-hydrogen) atoms. The van der Waals surface area contributed by atoms with Gasteiger partial charge in [-0.1, -0.05) is 6.42 Å². The smallest absolute Gasteiger partial charge is 0.0940 e. The Morgan fingerprint density at radius 3 is 2.85 bits per heavy atom. The minimum absolute atomic E-state index is 0.0826. The maximum absolute atomic E-state index is 11.4. The first kappa shape index (κ1) is 13.5. The molecule has 114 valence electrons. The fourth-order valence-corrected chi connectivity index (χ4v) is 5.11. The van der Waals surface area contributed by atoms with Crippen LogP contribution in [0.25, 0.3) is 0 Å². The van der Waals surface area contributed by atoms with E-state index in [4.69, 9.17) is 9.47 Å². The molecule has 0 bridgehead atoms. The lowest BCUT2D eigenvalue weighted by atomic mass is 9.71. The Bertz CT molecular complexity index is 369. The van der Waals surface area contributed by atoms with Gasteiger partial charge in [0.1, 0.15) is 0 Å². The first-order valence-electron chi connectivity index (χ1n) is 8.40. The molecule has 4 unspecified atom stereocenters. The van der Waals surface area contributed by atoms with Gasteiger partial charge in [-0.3, -0.25) is 4.90 Å². The van der Waals surface area contributed by atoms with Gasteiger partial charge in [0.2, 0.25) is 0 Å². The molecule has 4 aliphatic rings. The first-order valence-corrected chi connectivity index (χ1v) is 8.40. The highest BCUT2D eigenvalue weighted by molar-refractivity contribution is 5.07. The van der Waals surface area contributed by atoms with Crippen LogP contribution in [-0.4, -0.2) is 60.2 Å². The summed E-state index contributed by atoms with van der Waals surface area (Å²) in [5, 5.41) is 11.4. The van der Waals surface area contributed by atoms with Crippen molar-refractivity contribution in [1.82, 2.24) is 4.90 Å². The van der Waals surface area contributed by atoms with E-state index in [0.29, 0.717) is 12.0 Å². The molecule has 4 heteroatoms. The van der Waals surface area contributed by atoms with E-state index >= 15 is 0 Å². The number of hydrogen-bond donors (Lipinski definition) is 1. The van der Waals surface area contributed by atoms with Crippen LogP contribution in [0.15, 0.2) is 0 Å². The molecule has 0 aliphatic carbocycles. The van der Waals surface area contributed by atoms with Gasteiger partial charge in [-0.25, -0.2) is 0 Å². The van der Waals surface area contributed by atoms with Crippen LogP contribution < -0.4 is 0 Å². The van der Waals surface area contributed by atoms with Gasteiger partial charge in [-0.05, 0) is 44.6 Å². The number of aliphatic hydroxyl groups is 1. The van der Waals surface area contributed by atoms with Gasteiger partial charge in [0.05, 0.1) is 17.8 Å². The zero-order valence-corrected chi connectivity index (χ0v) is 12.4. The van der Waals surface area contributed by atoms with E-state index in [2.05, 4.69) is 4.90 Å². The van der Waals surface area contributed by atoms with Crippen LogP contribution in [0.1, 0.15) is 44.9 Å². The fourth-order valence-electron chi connectivity index (χ4n) is 5.11. The highest BCUT2D eigenvalue weighted by atomic mass is 16.6. The third kappa shape index (κ3) is 2.04. The Morgan fingerprint density at radius 1 is 1.05 bits per heavy atom. The van der Waals surface area contributed by atoms with Gasteiger partial charge < -0.3 is 14.6 Å². The number of piperidine rings is 1. The number of rotatable bonds is 1. The van der Waals surface area contributed by atoms with Crippen LogP contribution in [0.4, 0.5) is 0 Å². The lowest BCUT2D eigenvalue weighted by Gasteiger charge is -2.47. The van der Waals surface area contributed by atoms with Crippen LogP contribution >= 0.6 is 0 Å². The highest BCUT2D eigenvalue weighted by Crippen LogP contribution is 2.47. The number of nitrogens with zero attached hydrogens (tertiary/aromatic N) is 1. The van der Waals surface area contributed by atoms with E-state index in [1.807, 2.05) is 0 Å². The van der Waals surface area contributed by atoms with Crippen LogP contribution in [-0.2, 0) is 9.47 Å². The first-order chi connectivity index (χ1) is 9.72. The molecule has 0 aromatic heterocycles. The van der Waals surface area contributed by atoms with E-state index in [-0.39, 0.29) is 5.60 Å². The topological polar surface area (TPSA) is 41.9 Å². The van der Waals surface area contributed by atoms with Gasteiger partial charge in [0.25, 0.3) is 0 Å². The molecule has 0 radical (unpaired) electrons. The zero-order valence-electron chi connectivity index (χ0n) is 12.4. The van der Waals surface area contributed by atoms with Crippen LogP contribution in [0.3, 0.4) is 0 Å². The van der Waals surface area contributed by atoms with Crippen molar-refractivity contribution < 1.29 is 14.6 Å². The summed E-state index contributed by atoms with van der Waals surface area (Å²) in [5.41, 5.74) is -0.555. The Morgan fingerprint density at radius 2 is 2.00 bits per heavy atom. The van der Waals surface area contributed by atoms with E-state index in [1.54, 1.807) is 0 Å². The van der Waals surface area contributed by atoms with Crippen molar-refractivity contribution in [3.63, 3.8) is 0 Å². The summed E-state index contributed by atoms with van der Waals surface area (Å²) in [6.45, 7) is 4.62. The van der Waals surface area contributed by atoms with Crippen molar-refractivity contribution >= 4 is 0 Å². The number of ether oxygens (including phenoxy) is 2. The average molecular weight is 281 g/mol. The minimum Gasteiger partial charge on any atom is -0.388 e. The second-order valence-corrected chi connectivity index (χ2v) is 7.31. The van der Waals surface area contributed by atoms with Gasteiger partial charge >= 0.3 is 0 Å². The van der Waals surface area contributed by atoms with Crippen LogP contribution in [0.5, 0.6) is 0 Å². The fraction of sp³-hybridized carbons (Fsp3) is 1.00. The quantitative estimate of drug-likeness (QED) is 0.792. The van der Waals surface area contributed by atoms with Gasteiger partial charge in [0.15, 0.2) is 0 Å². The average Bonchev–Trinajstić information content (AvgIpc) is 3.06. The second-order valence-electron chi connectivity index (χ2n) is 7.31. The zero-order chi connectivity index (χ0) is 13.6. The molecule has 0 aromatic carbocycles. The van der Waals surface area contributed by atoms with Gasteiger partial charge in [0, 0.05) is 32.2 Å². The summed E-state index contributed by atoms with van der Waals surface area (Å²) in [4.78, 5) is 2.54. The maximum Gasteiger partial charge on any atom is 0.0940 e. The molecule has 1 spiro atoms. The Labute approximate surface area is 121 Å². The summed E-state index contributed by atoms with van der Waals surface area (Å²) < 4.78 is 11.6. The van der Waals surface area contributed by atoms with Crippen molar-refractivity contribution in [2.75, 3.05) is 32.9 Å². The third-order valence-corrected chi connectivity index (χ3v) is 6.26. The molecule has 4 fully saturated rings. The summed E-state index contributed by atoms with van der Waals surface area (Å²) >= 11 is 0. The number of fused-ring (bicyclic) bond motifs is 1. The predicted molar refractivity (Wildman–Crippen MR) is 75.6 cm³/mol. The van der Waals surface area contributed by atoms with Gasteiger partial charge in [-0.15, -0.1) is 0 Å². The summed E-state index contributed by atoms with van der Waals surface area (Å²) in [6.07, 6.45) is 7.74. The maximum atomic E-state index is 11.4. The van der Waals surface area contributed by atoms with Crippen LogP contribution in [0.2, 0.25) is 0 Å². The molecule has 0 aromatic rings. The molecule has 4 atom stereocenters. The van der Waals surface area contributed by atoms with Crippen molar-refractivity contribution in [1.29, 1.82) is 0 Å².